The number of hydrogen-bond donors (Lipinski definition) is 1. The fourth-order valence-electron chi connectivity index (χ4n) is 2.65. The van der Waals surface area contributed by atoms with Crippen LogP contribution in [0.4, 0.5) is 0 Å². The number of nitrogens with one attached hydrogen (secondary N) is 1. The zero-order valence-electron chi connectivity index (χ0n) is 15.4. The lowest BCUT2D eigenvalue weighted by molar-refractivity contribution is 0.0730. The summed E-state index contributed by atoms with van der Waals surface area (Å²) in [5, 5.41) is 3.95. The molecule has 1 heterocycles. The van der Waals surface area contributed by atoms with Gasteiger partial charge in [0.1, 0.15) is 0 Å². The van der Waals surface area contributed by atoms with Crippen molar-refractivity contribution in [1.82, 2.24) is 9.73 Å². The standard InChI is InChI=1S/C19H21N3O4S2/c1-27-17-7-5-15(6-8-17)14-20-21-19(23)16-3-2-4-18(13-16)28(24,25)22-9-11-26-12-10-22/h2-8,13-14H,9-12H2,1H3,(H,21,23). The molecule has 28 heavy (non-hydrogen) atoms. The molecule has 1 fully saturated rings. The monoisotopic (exact) mass is 419 g/mol. The Morgan fingerprint density at radius 3 is 2.57 bits per heavy atom. The summed E-state index contributed by atoms with van der Waals surface area (Å²) < 4.78 is 32.0. The Hall–Kier alpha value is -2.20. The van der Waals surface area contributed by atoms with Gasteiger partial charge in [-0.1, -0.05) is 18.2 Å². The van der Waals surface area contributed by atoms with Crippen molar-refractivity contribution in [3.63, 3.8) is 0 Å². The molecule has 0 bridgehead atoms. The molecule has 1 aliphatic rings. The second-order valence-electron chi connectivity index (χ2n) is 6.02. The number of hydrogen-bond acceptors (Lipinski definition) is 6. The molecular weight excluding hydrogens is 398 g/mol. The molecule has 1 N–H and O–H groups in total. The molecule has 9 heteroatoms. The number of thioether (sulfide) groups is 1. The summed E-state index contributed by atoms with van der Waals surface area (Å²) in [6, 6.07) is 13.7. The van der Waals surface area contributed by atoms with Crippen molar-refractivity contribution >= 4 is 33.9 Å². The number of amides is 1. The molecule has 0 unspecified atom stereocenters. The largest absolute Gasteiger partial charge is 0.379 e. The van der Waals surface area contributed by atoms with Crippen molar-refractivity contribution in [2.75, 3.05) is 32.6 Å². The van der Waals surface area contributed by atoms with Gasteiger partial charge in [-0.25, -0.2) is 13.8 Å². The Morgan fingerprint density at radius 1 is 1.18 bits per heavy atom. The van der Waals surface area contributed by atoms with Crippen molar-refractivity contribution in [3.05, 3.63) is 59.7 Å². The maximum atomic E-state index is 12.7. The van der Waals surface area contributed by atoms with E-state index < -0.39 is 15.9 Å². The Kier molecular flexibility index (Phi) is 6.84. The summed E-state index contributed by atoms with van der Waals surface area (Å²) in [4.78, 5) is 13.6. The third-order valence-electron chi connectivity index (χ3n) is 4.20. The van der Waals surface area contributed by atoms with E-state index in [4.69, 9.17) is 4.74 Å². The lowest BCUT2D eigenvalue weighted by atomic mass is 10.2. The minimum Gasteiger partial charge on any atom is -0.379 e. The van der Waals surface area contributed by atoms with Crippen molar-refractivity contribution in [1.29, 1.82) is 0 Å². The van der Waals surface area contributed by atoms with Gasteiger partial charge in [0.2, 0.25) is 10.0 Å². The number of rotatable bonds is 6. The molecule has 0 radical (unpaired) electrons. The van der Waals surface area contributed by atoms with Crippen LogP contribution in [-0.2, 0) is 14.8 Å². The molecule has 0 saturated carbocycles. The SMILES string of the molecule is CSc1ccc(C=NNC(=O)c2cccc(S(=O)(=O)N3CCOCC3)c2)cc1. The summed E-state index contributed by atoms with van der Waals surface area (Å²) in [5.41, 5.74) is 3.51. The van der Waals surface area contributed by atoms with Gasteiger partial charge >= 0.3 is 0 Å². The predicted molar refractivity (Wildman–Crippen MR) is 109 cm³/mol. The molecule has 1 aliphatic heterocycles. The predicted octanol–water partition coefficient (Wildman–Crippen LogP) is 2.19. The average molecular weight is 420 g/mol. The molecule has 2 aromatic carbocycles. The Bertz CT molecular complexity index is 953. The smallest absolute Gasteiger partial charge is 0.271 e. The zero-order chi connectivity index (χ0) is 20.0. The van der Waals surface area contributed by atoms with Crippen LogP contribution in [0.1, 0.15) is 15.9 Å². The molecule has 0 aromatic heterocycles. The molecule has 7 nitrogen and oxygen atoms in total. The summed E-state index contributed by atoms with van der Waals surface area (Å²) in [7, 11) is -3.66. The van der Waals surface area contributed by atoms with Crippen molar-refractivity contribution in [2.45, 2.75) is 9.79 Å². The summed E-state index contributed by atoms with van der Waals surface area (Å²) in [6.45, 7) is 1.34. The highest BCUT2D eigenvalue weighted by Crippen LogP contribution is 2.18. The van der Waals surface area contributed by atoms with E-state index in [0.717, 1.165) is 10.5 Å². The number of nitrogens with zero attached hydrogens (tertiary/aromatic N) is 2. The molecule has 0 atom stereocenters. The fourth-order valence-corrected chi connectivity index (χ4v) is 4.52. The van der Waals surface area contributed by atoms with Crippen LogP contribution in [-0.4, -0.2) is 57.4 Å². The van der Waals surface area contributed by atoms with Crippen LogP contribution < -0.4 is 5.43 Å². The van der Waals surface area contributed by atoms with Crippen LogP contribution in [0.25, 0.3) is 0 Å². The normalized spacial score (nSPS) is 15.6. The molecule has 148 valence electrons. The van der Waals surface area contributed by atoms with E-state index in [0.29, 0.717) is 26.3 Å². The first-order chi connectivity index (χ1) is 13.5. The summed E-state index contributed by atoms with van der Waals surface area (Å²) in [5.74, 6) is -0.476. The van der Waals surface area contributed by atoms with Gasteiger partial charge in [0.05, 0.1) is 24.3 Å². The molecule has 1 saturated heterocycles. The van der Waals surface area contributed by atoms with E-state index in [1.165, 1.54) is 22.7 Å². The minimum absolute atomic E-state index is 0.0821. The van der Waals surface area contributed by atoms with Crippen LogP contribution in [0, 0.1) is 0 Å². The first kappa shape index (κ1) is 20.5. The first-order valence-electron chi connectivity index (χ1n) is 8.66. The highest BCUT2D eigenvalue weighted by Gasteiger charge is 2.26. The molecule has 0 spiro atoms. The lowest BCUT2D eigenvalue weighted by Crippen LogP contribution is -2.40. The van der Waals surface area contributed by atoms with Crippen LogP contribution in [0.3, 0.4) is 0 Å². The summed E-state index contributed by atoms with van der Waals surface area (Å²) >= 11 is 1.64. The second-order valence-corrected chi connectivity index (χ2v) is 8.83. The topological polar surface area (TPSA) is 88.1 Å². The number of benzene rings is 2. The number of carbonyl (C=O) groups excluding carboxylic acids is 1. The molecule has 2 aromatic rings. The maximum Gasteiger partial charge on any atom is 0.271 e. The molecule has 1 amide bonds. The van der Waals surface area contributed by atoms with E-state index >= 15 is 0 Å². The van der Waals surface area contributed by atoms with Crippen molar-refractivity contribution in [3.8, 4) is 0 Å². The maximum absolute atomic E-state index is 12.7. The van der Waals surface area contributed by atoms with Gasteiger partial charge < -0.3 is 4.74 Å². The van der Waals surface area contributed by atoms with Gasteiger partial charge in [-0.2, -0.15) is 9.41 Å². The Labute approximate surface area is 168 Å². The van der Waals surface area contributed by atoms with E-state index in [9.17, 15) is 13.2 Å². The third kappa shape index (κ3) is 4.99. The van der Waals surface area contributed by atoms with E-state index in [2.05, 4.69) is 10.5 Å². The fraction of sp³-hybridized carbons (Fsp3) is 0.263. The Balaban J connectivity index is 1.68. The number of morpholine rings is 1. The summed E-state index contributed by atoms with van der Waals surface area (Å²) in [6.07, 6.45) is 3.53. The van der Waals surface area contributed by atoms with E-state index in [1.807, 2.05) is 30.5 Å². The van der Waals surface area contributed by atoms with E-state index in [-0.39, 0.29) is 10.5 Å². The number of hydrazone groups is 1. The lowest BCUT2D eigenvalue weighted by Gasteiger charge is -2.26. The van der Waals surface area contributed by atoms with Crippen molar-refractivity contribution < 1.29 is 17.9 Å². The second kappa shape index (κ2) is 9.33. The van der Waals surface area contributed by atoms with Crippen LogP contribution >= 0.6 is 11.8 Å². The Morgan fingerprint density at radius 2 is 1.89 bits per heavy atom. The van der Waals surface area contributed by atoms with E-state index in [1.54, 1.807) is 23.9 Å². The van der Waals surface area contributed by atoms with Crippen LogP contribution in [0.2, 0.25) is 0 Å². The van der Waals surface area contributed by atoms with Gasteiger partial charge in [-0.15, -0.1) is 11.8 Å². The quantitative estimate of drug-likeness (QED) is 0.441. The molecular formula is C19H21N3O4S2. The van der Waals surface area contributed by atoms with Crippen molar-refractivity contribution in [2.24, 2.45) is 5.10 Å². The van der Waals surface area contributed by atoms with Gasteiger partial charge in [-0.3, -0.25) is 4.79 Å². The third-order valence-corrected chi connectivity index (χ3v) is 6.84. The van der Waals surface area contributed by atoms with Gasteiger partial charge in [0, 0.05) is 23.5 Å². The number of ether oxygens (including phenoxy) is 1. The minimum atomic E-state index is -3.66. The highest BCUT2D eigenvalue weighted by atomic mass is 32.2. The molecule has 0 aliphatic carbocycles. The van der Waals surface area contributed by atoms with Crippen LogP contribution in [0.15, 0.2) is 63.4 Å². The average Bonchev–Trinajstić information content (AvgIpc) is 2.75. The van der Waals surface area contributed by atoms with Gasteiger partial charge in [-0.05, 0) is 42.2 Å². The zero-order valence-corrected chi connectivity index (χ0v) is 17.0. The highest BCUT2D eigenvalue weighted by molar-refractivity contribution is 7.98. The van der Waals surface area contributed by atoms with Gasteiger partial charge in [0.15, 0.2) is 0 Å². The first-order valence-corrected chi connectivity index (χ1v) is 11.3. The van der Waals surface area contributed by atoms with Gasteiger partial charge in [0.25, 0.3) is 5.91 Å². The molecule has 3 rings (SSSR count). The number of sulfonamides is 1. The number of carbonyl (C=O) groups is 1. The van der Waals surface area contributed by atoms with Crippen LogP contribution in [0.5, 0.6) is 0 Å².